The quantitative estimate of drug-likeness (QED) is 0.659. The molecule has 0 aliphatic carbocycles. The zero-order valence-electron chi connectivity index (χ0n) is 17.8. The fraction of sp³-hybridized carbons (Fsp3) is 0.600. The second kappa shape index (κ2) is 9.69. The zero-order chi connectivity index (χ0) is 21.8. The Bertz CT molecular complexity index is 828. The molecule has 1 aliphatic rings. The van der Waals surface area contributed by atoms with E-state index in [1.807, 2.05) is 27.7 Å². The van der Waals surface area contributed by atoms with Gasteiger partial charge in [-0.2, -0.15) is 4.31 Å². The van der Waals surface area contributed by atoms with E-state index in [0.717, 1.165) is 0 Å². The summed E-state index contributed by atoms with van der Waals surface area (Å²) in [5, 5.41) is 0. The normalized spacial score (nSPS) is 20.3. The molecule has 8 nitrogen and oxygen atoms in total. The van der Waals surface area contributed by atoms with Gasteiger partial charge < -0.3 is 14.5 Å². The molecule has 1 fully saturated rings. The molecule has 0 N–H and O–H groups in total. The van der Waals surface area contributed by atoms with Crippen molar-refractivity contribution in [3.05, 3.63) is 29.8 Å². The van der Waals surface area contributed by atoms with Crippen molar-refractivity contribution in [1.82, 2.24) is 14.1 Å². The molecule has 0 saturated carbocycles. The lowest BCUT2D eigenvalue weighted by Gasteiger charge is -2.34. The molecule has 2 amide bonds. The van der Waals surface area contributed by atoms with E-state index in [2.05, 4.69) is 0 Å². The van der Waals surface area contributed by atoms with Crippen LogP contribution in [0.1, 0.15) is 38.1 Å². The van der Waals surface area contributed by atoms with Gasteiger partial charge in [0.25, 0.3) is 5.91 Å². The highest BCUT2D eigenvalue weighted by Gasteiger charge is 2.32. The van der Waals surface area contributed by atoms with Gasteiger partial charge in [0, 0.05) is 38.8 Å². The number of hydrogen-bond donors (Lipinski definition) is 0. The van der Waals surface area contributed by atoms with Crippen LogP contribution in [-0.2, 0) is 19.6 Å². The average molecular weight is 426 g/mol. The maximum atomic E-state index is 13.1. The van der Waals surface area contributed by atoms with Crippen LogP contribution in [-0.4, -0.2) is 86.3 Å². The standard InChI is InChI=1S/C20H31N3O5S/c1-6-22(7-2)19(24)14-21(5)20(25)17-9-8-10-18(11-17)29(26,27)23-12-15(3)28-16(4)13-23/h8-11,15-16H,6-7,12-14H2,1-5H3. The van der Waals surface area contributed by atoms with Crippen LogP contribution in [0.5, 0.6) is 0 Å². The lowest BCUT2D eigenvalue weighted by atomic mass is 10.2. The Hall–Kier alpha value is -1.97. The molecule has 1 aromatic carbocycles. The van der Waals surface area contributed by atoms with Gasteiger partial charge in [-0.1, -0.05) is 6.07 Å². The van der Waals surface area contributed by atoms with E-state index >= 15 is 0 Å². The Morgan fingerprint density at radius 2 is 1.72 bits per heavy atom. The minimum atomic E-state index is -3.75. The predicted octanol–water partition coefficient (Wildman–Crippen LogP) is 1.42. The van der Waals surface area contributed by atoms with Crippen molar-refractivity contribution < 1.29 is 22.7 Å². The molecule has 29 heavy (non-hydrogen) atoms. The van der Waals surface area contributed by atoms with Crippen molar-refractivity contribution in [2.24, 2.45) is 0 Å². The summed E-state index contributed by atoms with van der Waals surface area (Å²) >= 11 is 0. The summed E-state index contributed by atoms with van der Waals surface area (Å²) in [6, 6.07) is 5.97. The minimum Gasteiger partial charge on any atom is -0.373 e. The van der Waals surface area contributed by atoms with Gasteiger partial charge in [0.05, 0.1) is 23.6 Å². The number of rotatable bonds is 7. The third-order valence-electron chi connectivity index (χ3n) is 4.94. The van der Waals surface area contributed by atoms with Gasteiger partial charge >= 0.3 is 0 Å². The van der Waals surface area contributed by atoms with Gasteiger partial charge in [0.2, 0.25) is 15.9 Å². The molecule has 0 bridgehead atoms. The summed E-state index contributed by atoms with van der Waals surface area (Å²) in [5.74, 6) is -0.544. The van der Waals surface area contributed by atoms with Crippen LogP contribution >= 0.6 is 0 Å². The smallest absolute Gasteiger partial charge is 0.254 e. The number of nitrogens with zero attached hydrogens (tertiary/aromatic N) is 3. The fourth-order valence-corrected chi connectivity index (χ4v) is 5.07. The van der Waals surface area contributed by atoms with Gasteiger partial charge in [-0.15, -0.1) is 0 Å². The first-order chi connectivity index (χ1) is 13.6. The number of likely N-dealkylation sites (N-methyl/N-ethyl adjacent to an activating group) is 2. The minimum absolute atomic E-state index is 0.0595. The number of amides is 2. The highest BCUT2D eigenvalue weighted by atomic mass is 32.2. The van der Waals surface area contributed by atoms with E-state index < -0.39 is 15.9 Å². The molecule has 2 rings (SSSR count). The third kappa shape index (κ3) is 5.55. The molecular weight excluding hydrogens is 394 g/mol. The van der Waals surface area contributed by atoms with Gasteiger partial charge in [-0.05, 0) is 45.9 Å². The summed E-state index contributed by atoms with van der Waals surface area (Å²) in [6.45, 7) is 9.04. The lowest BCUT2D eigenvalue weighted by Crippen LogP contribution is -2.48. The topological polar surface area (TPSA) is 87.2 Å². The van der Waals surface area contributed by atoms with E-state index in [9.17, 15) is 18.0 Å². The highest BCUT2D eigenvalue weighted by Crippen LogP contribution is 2.22. The molecule has 0 aromatic heterocycles. The molecule has 1 heterocycles. The van der Waals surface area contributed by atoms with Crippen molar-refractivity contribution in [2.75, 3.05) is 39.8 Å². The van der Waals surface area contributed by atoms with Crippen LogP contribution < -0.4 is 0 Å². The summed E-state index contributed by atoms with van der Waals surface area (Å²) in [5.41, 5.74) is 0.232. The van der Waals surface area contributed by atoms with E-state index in [1.165, 1.54) is 28.4 Å². The number of sulfonamides is 1. The number of benzene rings is 1. The van der Waals surface area contributed by atoms with E-state index in [0.29, 0.717) is 13.1 Å². The molecule has 1 saturated heterocycles. The monoisotopic (exact) mass is 425 g/mol. The summed E-state index contributed by atoms with van der Waals surface area (Å²) in [7, 11) is -2.21. The molecular formula is C20H31N3O5S. The van der Waals surface area contributed by atoms with E-state index in [4.69, 9.17) is 4.74 Å². The number of carbonyl (C=O) groups is 2. The van der Waals surface area contributed by atoms with Crippen molar-refractivity contribution >= 4 is 21.8 Å². The van der Waals surface area contributed by atoms with Crippen molar-refractivity contribution in [2.45, 2.75) is 44.8 Å². The molecule has 1 aliphatic heterocycles. The van der Waals surface area contributed by atoms with Crippen LogP contribution in [0.15, 0.2) is 29.2 Å². The molecule has 9 heteroatoms. The molecule has 1 aromatic rings. The number of hydrogen-bond acceptors (Lipinski definition) is 5. The highest BCUT2D eigenvalue weighted by molar-refractivity contribution is 7.89. The second-order valence-electron chi connectivity index (χ2n) is 7.33. The van der Waals surface area contributed by atoms with Crippen molar-refractivity contribution in [3.8, 4) is 0 Å². The van der Waals surface area contributed by atoms with Crippen LogP contribution in [0.4, 0.5) is 0 Å². The number of carbonyl (C=O) groups excluding carboxylic acids is 2. The van der Waals surface area contributed by atoms with Gasteiger partial charge in [-0.3, -0.25) is 9.59 Å². The SMILES string of the molecule is CCN(CC)C(=O)CN(C)C(=O)c1cccc(S(=O)(=O)N2CC(C)OC(C)C2)c1. The first-order valence-corrected chi connectivity index (χ1v) is 11.3. The molecule has 2 unspecified atom stereocenters. The van der Waals surface area contributed by atoms with Crippen LogP contribution in [0, 0.1) is 0 Å². The first kappa shape index (κ1) is 23.3. The van der Waals surface area contributed by atoms with Crippen LogP contribution in [0.3, 0.4) is 0 Å². The number of morpholine rings is 1. The Morgan fingerprint density at radius 1 is 1.14 bits per heavy atom. The van der Waals surface area contributed by atoms with Gasteiger partial charge in [0.1, 0.15) is 0 Å². The maximum absolute atomic E-state index is 13.1. The molecule has 2 atom stereocenters. The van der Waals surface area contributed by atoms with Crippen LogP contribution in [0.25, 0.3) is 0 Å². The van der Waals surface area contributed by atoms with Gasteiger partial charge in [-0.25, -0.2) is 8.42 Å². The summed E-state index contributed by atoms with van der Waals surface area (Å²) in [4.78, 5) is 28.0. The Labute approximate surface area is 173 Å². The van der Waals surface area contributed by atoms with Gasteiger partial charge in [0.15, 0.2) is 0 Å². The Morgan fingerprint density at radius 3 is 2.28 bits per heavy atom. The molecule has 162 valence electrons. The molecule has 0 spiro atoms. The predicted molar refractivity (Wildman–Crippen MR) is 110 cm³/mol. The van der Waals surface area contributed by atoms with E-state index in [-0.39, 0.29) is 48.2 Å². The van der Waals surface area contributed by atoms with Crippen LogP contribution in [0.2, 0.25) is 0 Å². The zero-order valence-corrected chi connectivity index (χ0v) is 18.6. The summed E-state index contributed by atoms with van der Waals surface area (Å²) < 4.78 is 33.1. The Kier molecular flexibility index (Phi) is 7.79. The average Bonchev–Trinajstić information content (AvgIpc) is 2.67. The number of ether oxygens (including phenoxy) is 1. The molecule has 0 radical (unpaired) electrons. The van der Waals surface area contributed by atoms with Crippen molar-refractivity contribution in [1.29, 1.82) is 0 Å². The van der Waals surface area contributed by atoms with E-state index in [1.54, 1.807) is 17.0 Å². The lowest BCUT2D eigenvalue weighted by molar-refractivity contribution is -0.131. The maximum Gasteiger partial charge on any atom is 0.254 e. The first-order valence-electron chi connectivity index (χ1n) is 9.89. The second-order valence-corrected chi connectivity index (χ2v) is 9.27. The fourth-order valence-electron chi connectivity index (χ4n) is 3.44. The largest absolute Gasteiger partial charge is 0.373 e. The van der Waals surface area contributed by atoms with Crippen molar-refractivity contribution in [3.63, 3.8) is 0 Å². The third-order valence-corrected chi connectivity index (χ3v) is 6.77. The Balaban J connectivity index is 2.19. The summed E-state index contributed by atoms with van der Waals surface area (Å²) in [6.07, 6.45) is -0.397.